The number of hydrogen-bond acceptors (Lipinski definition) is 4. The maximum atomic E-state index is 13.9. The number of benzene rings is 1. The molecule has 2 aromatic rings. The topological polar surface area (TPSA) is 77.8 Å². The lowest BCUT2D eigenvalue weighted by Gasteiger charge is -2.08. The largest absolute Gasteiger partial charge is 0.397 e. The van der Waals surface area contributed by atoms with Crippen LogP contribution in [0.1, 0.15) is 0 Å². The monoisotopic (exact) mass is 316 g/mol. The maximum Gasteiger partial charge on any atom is 0.222 e. The van der Waals surface area contributed by atoms with Gasteiger partial charge in [0, 0.05) is 11.8 Å². The van der Waals surface area contributed by atoms with Gasteiger partial charge in [0.1, 0.15) is 0 Å². The summed E-state index contributed by atoms with van der Waals surface area (Å²) in [6.45, 7) is 0. The minimum atomic E-state index is -0.625. The van der Waals surface area contributed by atoms with E-state index < -0.39 is 5.82 Å². The van der Waals surface area contributed by atoms with Crippen molar-refractivity contribution in [2.24, 2.45) is 0 Å². The Morgan fingerprint density at radius 3 is 2.71 bits per heavy atom. The third-order valence-corrected chi connectivity index (χ3v) is 2.95. The Hall–Kier alpha value is -1.40. The lowest BCUT2D eigenvalue weighted by atomic mass is 10.1. The van der Waals surface area contributed by atoms with Gasteiger partial charge in [-0.2, -0.15) is 0 Å². The van der Waals surface area contributed by atoms with Crippen molar-refractivity contribution in [1.82, 2.24) is 9.97 Å². The number of halogens is 3. The van der Waals surface area contributed by atoms with Crippen molar-refractivity contribution in [1.29, 1.82) is 0 Å². The molecule has 0 atom stereocenters. The van der Waals surface area contributed by atoms with Gasteiger partial charge in [-0.15, -0.1) is 0 Å². The third-order valence-electron chi connectivity index (χ3n) is 2.18. The van der Waals surface area contributed by atoms with Crippen molar-refractivity contribution in [3.63, 3.8) is 0 Å². The molecule has 1 aromatic heterocycles. The van der Waals surface area contributed by atoms with Crippen molar-refractivity contribution in [2.75, 3.05) is 11.5 Å². The summed E-state index contributed by atoms with van der Waals surface area (Å²) in [5, 5.41) is 0.0259. The van der Waals surface area contributed by atoms with Gasteiger partial charge in [-0.05, 0) is 39.7 Å². The predicted octanol–water partition coefficient (Wildman–Crippen LogP) is 2.86. The molecule has 0 saturated carbocycles. The molecule has 0 saturated heterocycles. The molecule has 0 fully saturated rings. The van der Waals surface area contributed by atoms with Crippen LogP contribution in [0.3, 0.4) is 0 Å². The molecule has 0 radical (unpaired) electrons. The molecule has 1 aromatic carbocycles. The summed E-state index contributed by atoms with van der Waals surface area (Å²) in [5.74, 6) is -0.625. The van der Waals surface area contributed by atoms with Crippen molar-refractivity contribution < 1.29 is 4.39 Å². The molecule has 1 heterocycles. The number of nitrogens with zero attached hydrogens (tertiary/aromatic N) is 2. The Morgan fingerprint density at radius 1 is 1.29 bits per heavy atom. The number of aromatic nitrogens is 2. The van der Waals surface area contributed by atoms with E-state index in [-0.39, 0.29) is 22.2 Å². The van der Waals surface area contributed by atoms with Gasteiger partial charge in [-0.3, -0.25) is 0 Å². The molecule has 2 rings (SSSR count). The highest BCUT2D eigenvalue weighted by molar-refractivity contribution is 9.10. The fraction of sp³-hybridized carbons (Fsp3) is 0. The van der Waals surface area contributed by atoms with Crippen LogP contribution >= 0.6 is 27.5 Å². The van der Waals surface area contributed by atoms with Crippen molar-refractivity contribution in [2.45, 2.75) is 0 Å². The Morgan fingerprint density at radius 2 is 2.00 bits per heavy atom. The molecule has 0 amide bonds. The quantitative estimate of drug-likeness (QED) is 0.626. The van der Waals surface area contributed by atoms with Gasteiger partial charge in [0.2, 0.25) is 5.28 Å². The molecular formula is C10H7BrClFN4. The van der Waals surface area contributed by atoms with Crippen LogP contribution in [0.2, 0.25) is 5.28 Å². The number of rotatable bonds is 1. The van der Waals surface area contributed by atoms with Crippen LogP contribution in [0.15, 0.2) is 22.8 Å². The molecule has 17 heavy (non-hydrogen) atoms. The molecule has 0 spiro atoms. The minimum absolute atomic E-state index is 0.0259. The second-order valence-electron chi connectivity index (χ2n) is 3.27. The SMILES string of the molecule is Nc1ccc(-c2nc(Cl)ncc2Br)c(F)c1N. The first-order valence-corrected chi connectivity index (χ1v) is 5.69. The lowest BCUT2D eigenvalue weighted by molar-refractivity contribution is 0.635. The molecule has 4 N–H and O–H groups in total. The third kappa shape index (κ3) is 2.18. The van der Waals surface area contributed by atoms with Crippen LogP contribution in [0, 0.1) is 5.82 Å². The number of nitrogens with two attached hydrogens (primary N) is 2. The molecule has 0 aliphatic carbocycles. The normalized spacial score (nSPS) is 10.5. The second kappa shape index (κ2) is 4.46. The predicted molar refractivity (Wildman–Crippen MR) is 69.0 cm³/mol. The summed E-state index contributed by atoms with van der Waals surface area (Å²) in [6.07, 6.45) is 1.44. The first kappa shape index (κ1) is 12.1. The molecule has 88 valence electrons. The van der Waals surface area contributed by atoms with Crippen molar-refractivity contribution >= 4 is 38.9 Å². The zero-order valence-electron chi connectivity index (χ0n) is 8.42. The van der Waals surface area contributed by atoms with Gasteiger partial charge in [0.15, 0.2) is 5.82 Å². The lowest BCUT2D eigenvalue weighted by Crippen LogP contribution is -2.01. The summed E-state index contributed by atoms with van der Waals surface area (Å²) in [5.41, 5.74) is 11.6. The second-order valence-corrected chi connectivity index (χ2v) is 4.46. The van der Waals surface area contributed by atoms with Crippen LogP contribution in [-0.4, -0.2) is 9.97 Å². The van der Waals surface area contributed by atoms with Gasteiger partial charge in [0.05, 0.1) is 21.5 Å². The van der Waals surface area contributed by atoms with Crippen molar-refractivity contribution in [3.05, 3.63) is 33.9 Å². The Labute approximate surface area is 110 Å². The van der Waals surface area contributed by atoms with Crippen LogP contribution < -0.4 is 11.5 Å². The molecule has 0 aliphatic heterocycles. The summed E-state index contributed by atoms with van der Waals surface area (Å²) >= 11 is 8.89. The van der Waals surface area contributed by atoms with E-state index in [4.69, 9.17) is 23.1 Å². The van der Waals surface area contributed by atoms with E-state index in [9.17, 15) is 4.39 Å². The summed E-state index contributed by atoms with van der Waals surface area (Å²) in [6, 6.07) is 3.00. The summed E-state index contributed by atoms with van der Waals surface area (Å²) in [4.78, 5) is 7.71. The Balaban J connectivity index is 2.69. The fourth-order valence-corrected chi connectivity index (χ4v) is 1.86. The number of anilines is 2. The first-order valence-electron chi connectivity index (χ1n) is 4.52. The van der Waals surface area contributed by atoms with Gasteiger partial charge in [0.25, 0.3) is 0 Å². The van der Waals surface area contributed by atoms with E-state index in [1.165, 1.54) is 18.3 Å². The minimum Gasteiger partial charge on any atom is -0.397 e. The van der Waals surface area contributed by atoms with Gasteiger partial charge in [-0.1, -0.05) is 0 Å². The molecule has 7 heteroatoms. The smallest absolute Gasteiger partial charge is 0.222 e. The number of hydrogen-bond donors (Lipinski definition) is 2. The van der Waals surface area contributed by atoms with E-state index in [1.54, 1.807) is 0 Å². The highest BCUT2D eigenvalue weighted by Gasteiger charge is 2.15. The summed E-state index contributed by atoms with van der Waals surface area (Å²) in [7, 11) is 0. The zero-order chi connectivity index (χ0) is 12.6. The Bertz CT molecular complexity index is 591. The average Bonchev–Trinajstić information content (AvgIpc) is 2.30. The van der Waals surface area contributed by atoms with Crippen molar-refractivity contribution in [3.8, 4) is 11.3 Å². The van der Waals surface area contributed by atoms with Crippen LogP contribution in [-0.2, 0) is 0 Å². The Kier molecular flexibility index (Phi) is 3.17. The molecule has 4 nitrogen and oxygen atoms in total. The van der Waals surface area contributed by atoms with E-state index >= 15 is 0 Å². The van der Waals surface area contributed by atoms with E-state index in [2.05, 4.69) is 25.9 Å². The number of nitrogen functional groups attached to an aromatic ring is 2. The average molecular weight is 318 g/mol. The first-order chi connectivity index (χ1) is 8.00. The molecule has 0 unspecified atom stereocenters. The molecular weight excluding hydrogens is 310 g/mol. The van der Waals surface area contributed by atoms with E-state index in [0.717, 1.165) is 0 Å². The van der Waals surface area contributed by atoms with E-state index in [1.807, 2.05) is 0 Å². The highest BCUT2D eigenvalue weighted by atomic mass is 79.9. The van der Waals surface area contributed by atoms with Crippen LogP contribution in [0.4, 0.5) is 15.8 Å². The van der Waals surface area contributed by atoms with Gasteiger partial charge in [-0.25, -0.2) is 14.4 Å². The molecule has 0 aliphatic rings. The maximum absolute atomic E-state index is 13.9. The summed E-state index contributed by atoms with van der Waals surface area (Å²) < 4.78 is 14.4. The van der Waals surface area contributed by atoms with Crippen LogP contribution in [0.25, 0.3) is 11.3 Å². The van der Waals surface area contributed by atoms with Gasteiger partial charge < -0.3 is 11.5 Å². The highest BCUT2D eigenvalue weighted by Crippen LogP contribution is 2.33. The zero-order valence-corrected chi connectivity index (χ0v) is 10.8. The standard InChI is InChI=1S/C10H7BrClFN4/c11-5-3-16-10(12)17-9(5)4-1-2-6(14)8(15)7(4)13/h1-3H,14-15H2. The fourth-order valence-electron chi connectivity index (χ4n) is 1.33. The van der Waals surface area contributed by atoms with Gasteiger partial charge >= 0.3 is 0 Å². The van der Waals surface area contributed by atoms with Crippen LogP contribution in [0.5, 0.6) is 0 Å². The van der Waals surface area contributed by atoms with E-state index in [0.29, 0.717) is 10.2 Å². The molecule has 0 bridgehead atoms.